The number of aromatic hydroxyl groups is 3. The number of phenols is 3. The molecule has 0 fully saturated rings. The molecule has 0 aromatic heterocycles. The number of rotatable bonds is 1. The number of phenolic OH excluding ortho intramolecular Hbond substituents is 3. The van der Waals surface area contributed by atoms with Crippen LogP contribution in [0.4, 0.5) is 0 Å². The molecule has 0 aliphatic rings. The maximum absolute atomic E-state index is 10.6. The monoisotopic (exact) mass is 276 g/mol. The van der Waals surface area contributed by atoms with E-state index in [1.54, 1.807) is 0 Å². The van der Waals surface area contributed by atoms with Gasteiger partial charge in [0.2, 0.25) is 5.12 Å². The van der Waals surface area contributed by atoms with Crippen LogP contribution < -0.4 is 0 Å². The van der Waals surface area contributed by atoms with E-state index in [9.17, 15) is 4.79 Å². The summed E-state index contributed by atoms with van der Waals surface area (Å²) in [5.41, 5.74) is 0.0196. The van der Waals surface area contributed by atoms with Gasteiger partial charge < -0.3 is 18.2 Å². The second-order valence-electron chi connectivity index (χ2n) is 2.17. The van der Waals surface area contributed by atoms with Gasteiger partial charge in [-0.15, -0.1) is 12.6 Å². The molecule has 4 nitrogen and oxygen atoms in total. The van der Waals surface area contributed by atoms with Gasteiger partial charge in [-0.05, 0) is 12.1 Å². The summed E-state index contributed by atoms with van der Waals surface area (Å²) in [5.74, 6) is -1.74. The maximum Gasteiger partial charge on any atom is 2.00 e. The predicted octanol–water partition coefficient (Wildman–Crippen LogP) is 0.718. The Morgan fingerprint density at radius 1 is 1.23 bits per heavy atom. The third-order valence-corrected chi connectivity index (χ3v) is 1.57. The molecular formula is C7H8O4SSr. The largest absolute Gasteiger partial charge is 2.00 e. The van der Waals surface area contributed by atoms with Crippen LogP contribution in [0.1, 0.15) is 13.2 Å². The summed E-state index contributed by atoms with van der Waals surface area (Å²) in [7, 11) is 0. The zero-order chi connectivity index (χ0) is 9.30. The Bertz CT molecular complexity index is 325. The molecule has 13 heavy (non-hydrogen) atoms. The molecule has 3 N–H and O–H groups in total. The molecule has 0 heterocycles. The average molecular weight is 276 g/mol. The molecule has 6 heteroatoms. The normalized spacial score (nSPS) is 9.00. The van der Waals surface area contributed by atoms with Crippen LogP contribution in [0.3, 0.4) is 0 Å². The first-order chi connectivity index (χ1) is 5.52. The number of carbonyl (C=O) groups excluding carboxylic acids is 1. The summed E-state index contributed by atoms with van der Waals surface area (Å²) in [5, 5.41) is 26.1. The van der Waals surface area contributed by atoms with Gasteiger partial charge in [0.1, 0.15) is 0 Å². The second kappa shape index (κ2) is 5.11. The molecular weight excluding hydrogens is 268 g/mol. The van der Waals surface area contributed by atoms with Gasteiger partial charge in [-0.25, -0.2) is 0 Å². The predicted molar refractivity (Wildman–Crippen MR) is 52.7 cm³/mol. The van der Waals surface area contributed by atoms with Gasteiger partial charge in [-0.1, -0.05) is 0 Å². The number of hydrogen-bond donors (Lipinski definition) is 4. The van der Waals surface area contributed by atoms with Crippen molar-refractivity contribution < 1.29 is 23.0 Å². The molecule has 0 unspecified atom stereocenters. The molecule has 0 aliphatic carbocycles. The molecule has 0 amide bonds. The fraction of sp³-hybridized carbons (Fsp3) is 0. The van der Waals surface area contributed by atoms with E-state index >= 15 is 0 Å². The zero-order valence-corrected chi connectivity index (χ0v) is 10.9. The van der Waals surface area contributed by atoms with Crippen LogP contribution in [0.25, 0.3) is 0 Å². The van der Waals surface area contributed by atoms with Crippen LogP contribution in [0.5, 0.6) is 17.2 Å². The Balaban J connectivity index is -0.000000480. The van der Waals surface area contributed by atoms with Gasteiger partial charge in [0.05, 0.1) is 0 Å². The number of thiol groups is 1. The molecule has 1 rings (SSSR count). The summed E-state index contributed by atoms with van der Waals surface area (Å²) in [6.45, 7) is 0. The quantitative estimate of drug-likeness (QED) is 0.346. The first-order valence-corrected chi connectivity index (χ1v) is 3.45. The summed E-state index contributed by atoms with van der Waals surface area (Å²) in [6.07, 6.45) is 0. The maximum atomic E-state index is 10.6. The van der Waals surface area contributed by atoms with E-state index in [4.69, 9.17) is 15.3 Å². The standard InChI is InChI=1S/C7H6O4S.Sr.2H/c8-4-1-3(7(11)12)2-5(9)6(4)10;;;/h1-2,8-10H,(H,11,12);;;/q;+2;2*-1. The molecule has 0 saturated heterocycles. The SMILES string of the molecule is O=C(S)c1cc(O)c(O)c(O)c1.[H-].[H-].[Sr+2]. The minimum Gasteiger partial charge on any atom is -1.00 e. The summed E-state index contributed by atoms with van der Waals surface area (Å²) in [6, 6.07) is 2.04. The van der Waals surface area contributed by atoms with Gasteiger partial charge in [0, 0.05) is 5.56 Å². The van der Waals surface area contributed by atoms with Crippen molar-refractivity contribution in [2.45, 2.75) is 0 Å². The number of benzene rings is 1. The summed E-state index contributed by atoms with van der Waals surface area (Å²) in [4.78, 5) is 10.6. The molecule has 0 radical (unpaired) electrons. The smallest absolute Gasteiger partial charge is 1.00 e. The molecule has 0 aliphatic heterocycles. The van der Waals surface area contributed by atoms with E-state index in [2.05, 4.69) is 12.6 Å². The van der Waals surface area contributed by atoms with Crippen molar-refractivity contribution in [3.63, 3.8) is 0 Å². The van der Waals surface area contributed by atoms with Gasteiger partial charge in [0.15, 0.2) is 17.2 Å². The van der Waals surface area contributed by atoms with Gasteiger partial charge >= 0.3 is 45.5 Å². The Morgan fingerprint density at radius 3 is 1.92 bits per heavy atom. The molecule has 0 saturated carbocycles. The van der Waals surface area contributed by atoms with Crippen molar-refractivity contribution in [3.8, 4) is 17.2 Å². The van der Waals surface area contributed by atoms with Gasteiger partial charge in [0.25, 0.3) is 0 Å². The minimum atomic E-state index is -0.645. The van der Waals surface area contributed by atoms with Crippen molar-refractivity contribution in [1.29, 1.82) is 0 Å². The van der Waals surface area contributed by atoms with Crippen molar-refractivity contribution in [3.05, 3.63) is 17.7 Å². The molecule has 1 aromatic carbocycles. The second-order valence-corrected chi connectivity index (χ2v) is 2.57. The van der Waals surface area contributed by atoms with Crippen molar-refractivity contribution in [1.82, 2.24) is 0 Å². The Kier molecular flexibility index (Phi) is 5.16. The molecule has 0 bridgehead atoms. The van der Waals surface area contributed by atoms with Gasteiger partial charge in [-0.3, -0.25) is 4.79 Å². The van der Waals surface area contributed by atoms with E-state index in [1.807, 2.05) is 0 Å². The van der Waals surface area contributed by atoms with Crippen LogP contribution in [0, 0.1) is 0 Å². The summed E-state index contributed by atoms with van der Waals surface area (Å²) < 4.78 is 0. The average Bonchev–Trinajstić information content (AvgIpc) is 1.99. The first kappa shape index (κ1) is 13.1. The van der Waals surface area contributed by atoms with E-state index in [0.29, 0.717) is 0 Å². The van der Waals surface area contributed by atoms with Crippen molar-refractivity contribution >= 4 is 63.2 Å². The first-order valence-electron chi connectivity index (χ1n) is 3.00. The summed E-state index contributed by atoms with van der Waals surface area (Å²) >= 11 is 3.47. The van der Waals surface area contributed by atoms with E-state index in [0.717, 1.165) is 12.1 Å². The van der Waals surface area contributed by atoms with E-state index in [1.165, 1.54) is 0 Å². The fourth-order valence-corrected chi connectivity index (χ4v) is 0.857. The number of hydrogen-bond acceptors (Lipinski definition) is 4. The number of carbonyl (C=O) groups is 1. The van der Waals surface area contributed by atoms with Crippen LogP contribution in [0.15, 0.2) is 12.1 Å². The third-order valence-electron chi connectivity index (χ3n) is 1.32. The van der Waals surface area contributed by atoms with E-state index < -0.39 is 22.4 Å². The Labute approximate surface area is 120 Å². The molecule has 0 spiro atoms. The molecule has 68 valence electrons. The zero-order valence-electron chi connectivity index (χ0n) is 8.56. The molecule has 1 aromatic rings. The topological polar surface area (TPSA) is 77.8 Å². The van der Waals surface area contributed by atoms with Crippen LogP contribution in [0.2, 0.25) is 0 Å². The van der Waals surface area contributed by atoms with Gasteiger partial charge in [-0.2, -0.15) is 0 Å². The Morgan fingerprint density at radius 2 is 1.62 bits per heavy atom. The molecule has 0 atom stereocenters. The van der Waals surface area contributed by atoms with Crippen LogP contribution in [-0.4, -0.2) is 65.9 Å². The Hall–Kier alpha value is 0.121. The van der Waals surface area contributed by atoms with Crippen molar-refractivity contribution in [2.75, 3.05) is 0 Å². The fourth-order valence-electron chi connectivity index (χ4n) is 0.728. The minimum absolute atomic E-state index is 0. The van der Waals surface area contributed by atoms with E-state index in [-0.39, 0.29) is 53.9 Å². The third kappa shape index (κ3) is 3.07. The van der Waals surface area contributed by atoms with Crippen molar-refractivity contribution in [2.24, 2.45) is 0 Å². The van der Waals surface area contributed by atoms with Crippen LogP contribution >= 0.6 is 12.6 Å². The van der Waals surface area contributed by atoms with Crippen LogP contribution in [-0.2, 0) is 0 Å².